The van der Waals surface area contributed by atoms with E-state index in [9.17, 15) is 0 Å². The van der Waals surface area contributed by atoms with Crippen LogP contribution in [-0.4, -0.2) is 12.4 Å². The van der Waals surface area contributed by atoms with Crippen molar-refractivity contribution in [3.05, 3.63) is 60.2 Å². The first-order valence-electron chi connectivity index (χ1n) is 7.31. The van der Waals surface area contributed by atoms with Crippen molar-refractivity contribution in [1.29, 1.82) is 0 Å². The largest absolute Gasteiger partial charge is 0.496 e. The molecule has 3 aromatic carbocycles. The fraction of sp³-hybridized carbons (Fsp3) is 0.158. The summed E-state index contributed by atoms with van der Waals surface area (Å²) in [6.07, 6.45) is 0. The number of para-hydroxylation sites is 1. The van der Waals surface area contributed by atoms with Crippen molar-refractivity contribution in [3.8, 4) is 5.75 Å². The Balaban J connectivity index is 0.00000225. The molecule has 0 aromatic heterocycles. The van der Waals surface area contributed by atoms with Gasteiger partial charge in [0.05, 0.1) is 19.2 Å². The van der Waals surface area contributed by atoms with Crippen molar-refractivity contribution < 1.29 is 19.4 Å². The van der Waals surface area contributed by atoms with Crippen LogP contribution in [0.5, 0.6) is 5.75 Å². The summed E-state index contributed by atoms with van der Waals surface area (Å²) < 4.78 is 10.1. The van der Waals surface area contributed by atoms with Crippen molar-refractivity contribution in [3.63, 3.8) is 0 Å². The Kier molecular flexibility index (Phi) is 6.66. The van der Waals surface area contributed by atoms with E-state index in [1.165, 1.54) is 0 Å². The van der Waals surface area contributed by atoms with Gasteiger partial charge in [-0.3, -0.25) is 0 Å². The quantitative estimate of drug-likeness (QED) is 0.321. The molecule has 0 saturated heterocycles. The maximum atomic E-state index is 8.35. The van der Waals surface area contributed by atoms with Crippen molar-refractivity contribution in [2.45, 2.75) is 19.2 Å². The van der Waals surface area contributed by atoms with E-state index in [4.69, 9.17) is 9.99 Å². The first-order valence-corrected chi connectivity index (χ1v) is 8.05. The molecule has 0 aliphatic rings. The maximum Gasteiger partial charge on any atom is 0.130 e. The monoisotopic (exact) mass is 359 g/mol. The van der Waals surface area contributed by atoms with E-state index in [1.807, 2.05) is 61.5 Å². The number of fused-ring (bicyclic) bond motifs is 1. The SMILES string of the molecule is C.COc1c(C)c(SOOO)cc2ccc(Nc3ccccc3)cc12. The van der Waals surface area contributed by atoms with Crippen LogP contribution in [0.1, 0.15) is 13.0 Å². The zero-order valence-electron chi connectivity index (χ0n) is 13.3. The number of nitrogens with one attached hydrogen (secondary N) is 1. The van der Waals surface area contributed by atoms with Gasteiger partial charge in [0.1, 0.15) is 5.75 Å². The van der Waals surface area contributed by atoms with E-state index in [1.54, 1.807) is 7.11 Å². The second-order valence-corrected chi connectivity index (χ2v) is 5.93. The van der Waals surface area contributed by atoms with E-state index < -0.39 is 0 Å². The van der Waals surface area contributed by atoms with Crippen LogP contribution in [0.3, 0.4) is 0 Å². The zero-order valence-corrected chi connectivity index (χ0v) is 14.1. The number of rotatable bonds is 6. The molecule has 0 unspecified atom stereocenters. The molecule has 0 amide bonds. The predicted octanol–water partition coefficient (Wildman–Crippen LogP) is 5.96. The molecule has 0 aliphatic carbocycles. The minimum atomic E-state index is 0. The van der Waals surface area contributed by atoms with E-state index in [0.717, 1.165) is 50.4 Å². The lowest BCUT2D eigenvalue weighted by atomic mass is 10.0. The second-order valence-electron chi connectivity index (χ2n) is 5.19. The summed E-state index contributed by atoms with van der Waals surface area (Å²) in [4.78, 5) is 0.803. The lowest BCUT2D eigenvalue weighted by molar-refractivity contribution is -0.432. The molecule has 0 bridgehead atoms. The van der Waals surface area contributed by atoms with Crippen LogP contribution in [-0.2, 0) is 9.37 Å². The van der Waals surface area contributed by atoms with Gasteiger partial charge in [0.2, 0.25) is 0 Å². The molecule has 0 heterocycles. The minimum absolute atomic E-state index is 0. The molecule has 25 heavy (non-hydrogen) atoms. The fourth-order valence-corrected chi connectivity index (χ4v) is 3.11. The van der Waals surface area contributed by atoms with Crippen LogP contribution in [0.4, 0.5) is 11.4 Å². The fourth-order valence-electron chi connectivity index (χ4n) is 2.61. The Morgan fingerprint density at radius 2 is 1.76 bits per heavy atom. The van der Waals surface area contributed by atoms with Gasteiger partial charge in [-0.2, -0.15) is 0 Å². The third-order valence-corrected chi connectivity index (χ3v) is 4.45. The Hall–Kier alpha value is -2.25. The molecule has 6 heteroatoms. The average molecular weight is 359 g/mol. The van der Waals surface area contributed by atoms with Gasteiger partial charge in [0, 0.05) is 27.2 Å². The first kappa shape index (κ1) is 19.1. The number of methoxy groups -OCH3 is 1. The molecule has 0 atom stereocenters. The molecular formula is C19H21NO4S. The van der Waals surface area contributed by atoms with Crippen molar-refractivity contribution in [2.75, 3.05) is 12.4 Å². The Morgan fingerprint density at radius 1 is 1.00 bits per heavy atom. The van der Waals surface area contributed by atoms with Gasteiger partial charge in [0.15, 0.2) is 0 Å². The number of anilines is 2. The highest BCUT2D eigenvalue weighted by Gasteiger charge is 2.13. The van der Waals surface area contributed by atoms with Gasteiger partial charge in [-0.15, -0.1) is 4.33 Å². The van der Waals surface area contributed by atoms with Gasteiger partial charge >= 0.3 is 0 Å². The third kappa shape index (κ3) is 4.24. The standard InChI is InChI=1S/C18H17NO4S.CH4/c1-12-17(24-23-22-20)10-13-8-9-15(11-16(13)18(12)21-2)19-14-6-4-3-5-7-14;/h3-11,19-20H,1-2H3;1H4. The van der Waals surface area contributed by atoms with Gasteiger partial charge < -0.3 is 10.1 Å². The van der Waals surface area contributed by atoms with Gasteiger partial charge in [-0.05, 0) is 42.6 Å². The van der Waals surface area contributed by atoms with Crippen LogP contribution < -0.4 is 10.1 Å². The summed E-state index contributed by atoms with van der Waals surface area (Å²) in [5.74, 6) is 0.758. The van der Waals surface area contributed by atoms with Crippen molar-refractivity contribution in [1.82, 2.24) is 0 Å². The Bertz CT molecular complexity index is 840. The van der Waals surface area contributed by atoms with Gasteiger partial charge in [-0.25, -0.2) is 5.26 Å². The number of ether oxygens (including phenoxy) is 1. The van der Waals surface area contributed by atoms with Gasteiger partial charge in [-0.1, -0.05) is 36.7 Å². The predicted molar refractivity (Wildman–Crippen MR) is 102 cm³/mol. The molecular weight excluding hydrogens is 338 g/mol. The molecule has 0 radical (unpaired) electrons. The molecule has 5 nitrogen and oxygen atoms in total. The summed E-state index contributed by atoms with van der Waals surface area (Å²) >= 11 is 0.930. The topological polar surface area (TPSA) is 60.0 Å². The maximum absolute atomic E-state index is 8.35. The zero-order chi connectivity index (χ0) is 16.9. The summed E-state index contributed by atoms with van der Waals surface area (Å²) in [6, 6.07) is 18.0. The Labute approximate surface area is 151 Å². The van der Waals surface area contributed by atoms with Gasteiger partial charge in [0.25, 0.3) is 0 Å². The lowest BCUT2D eigenvalue weighted by Gasteiger charge is -2.14. The number of hydrogen-bond donors (Lipinski definition) is 2. The van der Waals surface area contributed by atoms with Crippen molar-refractivity contribution in [2.24, 2.45) is 0 Å². The van der Waals surface area contributed by atoms with Crippen LogP contribution in [0, 0.1) is 6.92 Å². The van der Waals surface area contributed by atoms with E-state index in [0.29, 0.717) is 0 Å². The molecule has 3 rings (SSSR count). The molecule has 0 aliphatic heterocycles. The summed E-state index contributed by atoms with van der Waals surface area (Å²) in [5.41, 5.74) is 2.90. The van der Waals surface area contributed by atoms with Crippen molar-refractivity contribution >= 4 is 34.2 Å². The highest BCUT2D eigenvalue weighted by Crippen LogP contribution is 2.38. The molecule has 3 aromatic rings. The summed E-state index contributed by atoms with van der Waals surface area (Å²) in [5, 5.41) is 17.4. The second kappa shape index (κ2) is 8.73. The highest BCUT2D eigenvalue weighted by molar-refractivity contribution is 7.94. The normalized spacial score (nSPS) is 10.4. The molecule has 132 valence electrons. The van der Waals surface area contributed by atoms with Crippen LogP contribution in [0.25, 0.3) is 10.8 Å². The molecule has 2 N–H and O–H groups in total. The summed E-state index contributed by atoms with van der Waals surface area (Å²) in [6.45, 7) is 1.93. The first-order chi connectivity index (χ1) is 11.7. The number of benzene rings is 3. The third-order valence-electron chi connectivity index (χ3n) is 3.72. The molecule has 0 spiro atoms. The molecule has 0 saturated carbocycles. The lowest BCUT2D eigenvalue weighted by Crippen LogP contribution is -1.94. The summed E-state index contributed by atoms with van der Waals surface area (Å²) in [7, 11) is 1.64. The van der Waals surface area contributed by atoms with E-state index >= 15 is 0 Å². The van der Waals surface area contributed by atoms with E-state index in [-0.39, 0.29) is 7.43 Å². The Morgan fingerprint density at radius 3 is 2.44 bits per heavy atom. The van der Waals surface area contributed by atoms with Crippen LogP contribution >= 0.6 is 12.0 Å². The number of hydrogen-bond acceptors (Lipinski definition) is 6. The molecule has 0 fully saturated rings. The average Bonchev–Trinajstić information content (AvgIpc) is 2.61. The smallest absolute Gasteiger partial charge is 0.130 e. The van der Waals surface area contributed by atoms with Crippen LogP contribution in [0.2, 0.25) is 0 Å². The van der Waals surface area contributed by atoms with E-state index in [2.05, 4.69) is 14.7 Å². The highest BCUT2D eigenvalue weighted by atomic mass is 32.2. The minimum Gasteiger partial charge on any atom is -0.496 e. The van der Waals surface area contributed by atoms with Crippen LogP contribution in [0.15, 0.2) is 59.5 Å².